The quantitative estimate of drug-likeness (QED) is 0.611. The summed E-state index contributed by atoms with van der Waals surface area (Å²) in [7, 11) is -3.99. The summed E-state index contributed by atoms with van der Waals surface area (Å²) in [5.41, 5.74) is 2.07. The molecule has 0 unspecified atom stereocenters. The summed E-state index contributed by atoms with van der Waals surface area (Å²) in [5.74, 6) is 0.381. The van der Waals surface area contributed by atoms with E-state index in [0.29, 0.717) is 11.3 Å². The van der Waals surface area contributed by atoms with Crippen molar-refractivity contribution in [1.29, 1.82) is 0 Å². The van der Waals surface area contributed by atoms with E-state index in [-0.39, 0.29) is 16.6 Å². The first-order valence-electron chi connectivity index (χ1n) is 7.37. The van der Waals surface area contributed by atoms with E-state index in [2.05, 4.69) is 0 Å². The lowest BCUT2D eigenvalue weighted by Crippen LogP contribution is -2.11. The highest BCUT2D eigenvalue weighted by atomic mass is 32.2. The fourth-order valence-corrected chi connectivity index (χ4v) is 3.13. The van der Waals surface area contributed by atoms with Crippen LogP contribution in [0.25, 0.3) is 0 Å². The molecule has 0 aromatic heterocycles. The van der Waals surface area contributed by atoms with Gasteiger partial charge in [-0.2, -0.15) is 8.42 Å². The van der Waals surface area contributed by atoms with Gasteiger partial charge < -0.3 is 4.18 Å². The van der Waals surface area contributed by atoms with Gasteiger partial charge in [-0.15, -0.1) is 0 Å². The van der Waals surface area contributed by atoms with Crippen LogP contribution < -0.4 is 4.18 Å². The van der Waals surface area contributed by atoms with Gasteiger partial charge in [0.2, 0.25) is 0 Å². The summed E-state index contributed by atoms with van der Waals surface area (Å²) in [6.45, 7) is 7.24. The second-order valence-electron chi connectivity index (χ2n) is 5.80. The molecule has 4 nitrogen and oxygen atoms in total. The minimum atomic E-state index is -3.99. The molecule has 0 aliphatic carbocycles. The molecule has 23 heavy (non-hydrogen) atoms. The number of Topliss-reactive ketones (excluding diaryl/α,β-unsaturated/α-hetero) is 1. The molecule has 0 spiro atoms. The standard InChI is InChI=1S/C18H20O4S/c1-12(2)15-9-8-13(3)18(11-15)22-23(20,21)17-7-5-6-16(10-17)14(4)19/h5-12H,1-4H3. The highest BCUT2D eigenvalue weighted by Gasteiger charge is 2.19. The van der Waals surface area contributed by atoms with Crippen LogP contribution in [0.4, 0.5) is 0 Å². The summed E-state index contributed by atoms with van der Waals surface area (Å²) in [4.78, 5) is 11.4. The highest BCUT2D eigenvalue weighted by Crippen LogP contribution is 2.27. The average molecular weight is 332 g/mol. The third-order valence-electron chi connectivity index (χ3n) is 3.61. The summed E-state index contributed by atoms with van der Waals surface area (Å²) >= 11 is 0. The number of carbonyl (C=O) groups excluding carboxylic acids is 1. The monoisotopic (exact) mass is 332 g/mol. The molecule has 0 amide bonds. The van der Waals surface area contributed by atoms with Crippen molar-refractivity contribution in [2.24, 2.45) is 0 Å². The third-order valence-corrected chi connectivity index (χ3v) is 4.84. The van der Waals surface area contributed by atoms with E-state index < -0.39 is 10.1 Å². The van der Waals surface area contributed by atoms with Gasteiger partial charge in [0.1, 0.15) is 10.6 Å². The first-order valence-corrected chi connectivity index (χ1v) is 8.77. The topological polar surface area (TPSA) is 60.4 Å². The second-order valence-corrected chi connectivity index (χ2v) is 7.35. The van der Waals surface area contributed by atoms with E-state index in [9.17, 15) is 13.2 Å². The molecule has 0 saturated heterocycles. The summed E-state index contributed by atoms with van der Waals surface area (Å²) in [6.07, 6.45) is 0. The molecule has 0 N–H and O–H groups in total. The summed E-state index contributed by atoms with van der Waals surface area (Å²) in [5, 5.41) is 0. The zero-order chi connectivity index (χ0) is 17.2. The lowest BCUT2D eigenvalue weighted by Gasteiger charge is -2.13. The van der Waals surface area contributed by atoms with Crippen molar-refractivity contribution in [3.63, 3.8) is 0 Å². The van der Waals surface area contributed by atoms with Crippen LogP contribution in [0, 0.1) is 6.92 Å². The highest BCUT2D eigenvalue weighted by molar-refractivity contribution is 7.87. The molecule has 2 aromatic carbocycles. The molecule has 0 aliphatic heterocycles. The van der Waals surface area contributed by atoms with Gasteiger partial charge in [0.15, 0.2) is 5.78 Å². The fraction of sp³-hybridized carbons (Fsp3) is 0.278. The predicted molar refractivity (Wildman–Crippen MR) is 89.5 cm³/mol. The smallest absolute Gasteiger partial charge is 0.339 e. The molecular formula is C18H20O4S. The number of ketones is 1. The number of benzene rings is 2. The van der Waals surface area contributed by atoms with Crippen LogP contribution in [0.3, 0.4) is 0 Å². The van der Waals surface area contributed by atoms with Gasteiger partial charge in [0.05, 0.1) is 0 Å². The van der Waals surface area contributed by atoms with Crippen molar-refractivity contribution in [3.8, 4) is 5.75 Å². The molecule has 2 aromatic rings. The minimum Gasteiger partial charge on any atom is -0.379 e. The second kappa shape index (κ2) is 6.54. The zero-order valence-corrected chi connectivity index (χ0v) is 14.5. The Bertz CT molecular complexity index is 836. The Morgan fingerprint density at radius 1 is 1.09 bits per heavy atom. The Hall–Kier alpha value is -2.14. The third kappa shape index (κ3) is 3.99. The van der Waals surface area contributed by atoms with Crippen LogP contribution in [-0.2, 0) is 10.1 Å². The van der Waals surface area contributed by atoms with Gasteiger partial charge >= 0.3 is 10.1 Å². The Labute approximate surface area is 137 Å². The number of hydrogen-bond acceptors (Lipinski definition) is 4. The molecule has 0 saturated carbocycles. The molecule has 5 heteroatoms. The normalized spacial score (nSPS) is 11.5. The van der Waals surface area contributed by atoms with Crippen molar-refractivity contribution in [3.05, 3.63) is 59.2 Å². The average Bonchev–Trinajstić information content (AvgIpc) is 2.49. The van der Waals surface area contributed by atoms with Gasteiger partial charge in [-0.05, 0) is 49.1 Å². The predicted octanol–water partition coefficient (Wildman–Crippen LogP) is 4.09. The van der Waals surface area contributed by atoms with Gasteiger partial charge in [-0.3, -0.25) is 4.79 Å². The number of hydrogen-bond donors (Lipinski definition) is 0. The van der Waals surface area contributed by atoms with Gasteiger partial charge in [-0.1, -0.05) is 38.1 Å². The molecule has 0 atom stereocenters. The van der Waals surface area contributed by atoms with Crippen LogP contribution in [-0.4, -0.2) is 14.2 Å². The molecule has 0 bridgehead atoms. The molecule has 0 heterocycles. The van der Waals surface area contributed by atoms with Crippen molar-refractivity contribution in [1.82, 2.24) is 0 Å². The Morgan fingerprint density at radius 2 is 1.78 bits per heavy atom. The van der Waals surface area contributed by atoms with Gasteiger partial charge in [0.25, 0.3) is 0 Å². The molecule has 122 valence electrons. The minimum absolute atomic E-state index is 0.0282. The van der Waals surface area contributed by atoms with Gasteiger partial charge in [0, 0.05) is 5.56 Å². The zero-order valence-electron chi connectivity index (χ0n) is 13.7. The van der Waals surface area contributed by atoms with E-state index in [1.165, 1.54) is 25.1 Å². The number of aryl methyl sites for hydroxylation is 1. The SMILES string of the molecule is CC(=O)c1cccc(S(=O)(=O)Oc2cc(C(C)C)ccc2C)c1. The van der Waals surface area contributed by atoms with Crippen LogP contribution in [0.1, 0.15) is 48.2 Å². The first-order chi connectivity index (χ1) is 10.7. The maximum Gasteiger partial charge on any atom is 0.339 e. The van der Waals surface area contributed by atoms with Crippen LogP contribution >= 0.6 is 0 Å². The Kier molecular flexibility index (Phi) is 4.90. The van der Waals surface area contributed by atoms with E-state index in [1.54, 1.807) is 19.1 Å². The van der Waals surface area contributed by atoms with Crippen molar-refractivity contribution in [2.45, 2.75) is 38.5 Å². The van der Waals surface area contributed by atoms with Crippen molar-refractivity contribution in [2.75, 3.05) is 0 Å². The number of rotatable bonds is 5. The van der Waals surface area contributed by atoms with E-state index in [0.717, 1.165) is 11.1 Å². The molecule has 2 rings (SSSR count). The summed E-state index contributed by atoms with van der Waals surface area (Å²) < 4.78 is 30.3. The lowest BCUT2D eigenvalue weighted by atomic mass is 10.0. The van der Waals surface area contributed by atoms with Crippen LogP contribution in [0.2, 0.25) is 0 Å². The Balaban J connectivity index is 2.41. The van der Waals surface area contributed by atoms with E-state index in [4.69, 9.17) is 4.18 Å². The van der Waals surface area contributed by atoms with E-state index >= 15 is 0 Å². The lowest BCUT2D eigenvalue weighted by molar-refractivity contribution is 0.101. The Morgan fingerprint density at radius 3 is 2.39 bits per heavy atom. The number of carbonyl (C=O) groups is 1. The fourth-order valence-electron chi connectivity index (χ4n) is 2.10. The molecule has 0 aliphatic rings. The molecular weight excluding hydrogens is 312 g/mol. The van der Waals surface area contributed by atoms with Crippen molar-refractivity contribution >= 4 is 15.9 Å². The molecule has 0 radical (unpaired) electrons. The van der Waals surface area contributed by atoms with Gasteiger partial charge in [-0.25, -0.2) is 0 Å². The van der Waals surface area contributed by atoms with E-state index in [1.807, 2.05) is 26.0 Å². The molecule has 0 fully saturated rings. The maximum atomic E-state index is 12.5. The van der Waals surface area contributed by atoms with Crippen LogP contribution in [0.15, 0.2) is 47.4 Å². The first kappa shape index (κ1) is 17.2. The maximum absolute atomic E-state index is 12.5. The van der Waals surface area contributed by atoms with Crippen LogP contribution in [0.5, 0.6) is 5.75 Å². The largest absolute Gasteiger partial charge is 0.379 e. The summed E-state index contributed by atoms with van der Waals surface area (Å²) in [6, 6.07) is 11.4. The van der Waals surface area contributed by atoms with Crippen molar-refractivity contribution < 1.29 is 17.4 Å².